The second-order valence-corrected chi connectivity index (χ2v) is 6.60. The smallest absolute Gasteiger partial charge is 0.230 e. The second kappa shape index (κ2) is 7.35. The van der Waals surface area contributed by atoms with Gasteiger partial charge in [-0.25, -0.2) is 0 Å². The van der Waals surface area contributed by atoms with Crippen molar-refractivity contribution in [2.45, 2.75) is 30.9 Å². The fourth-order valence-corrected chi connectivity index (χ4v) is 3.09. The maximum Gasteiger partial charge on any atom is 0.230 e. The zero-order valence-electron chi connectivity index (χ0n) is 14.0. The molecule has 5 heteroatoms. The van der Waals surface area contributed by atoms with Gasteiger partial charge in [0, 0.05) is 5.69 Å². The van der Waals surface area contributed by atoms with Crippen molar-refractivity contribution in [3.05, 3.63) is 65.7 Å². The van der Waals surface area contributed by atoms with E-state index in [4.69, 9.17) is 10.2 Å². The number of amides is 1. The summed E-state index contributed by atoms with van der Waals surface area (Å²) in [4.78, 5) is 13.8. The summed E-state index contributed by atoms with van der Waals surface area (Å²) in [6, 6.07) is 17.6. The molecule has 0 aromatic heterocycles. The third kappa shape index (κ3) is 3.74. The van der Waals surface area contributed by atoms with Crippen LogP contribution in [0.3, 0.4) is 0 Å². The van der Waals surface area contributed by atoms with Crippen LogP contribution in [-0.2, 0) is 11.2 Å². The highest BCUT2D eigenvalue weighted by Gasteiger charge is 2.38. The van der Waals surface area contributed by atoms with Crippen molar-refractivity contribution in [3.63, 3.8) is 0 Å². The summed E-state index contributed by atoms with van der Waals surface area (Å²) < 4.78 is 0. The van der Waals surface area contributed by atoms with E-state index in [1.807, 2.05) is 59.5 Å². The van der Waals surface area contributed by atoms with E-state index in [1.54, 1.807) is 0 Å². The molecule has 0 bridgehead atoms. The number of aliphatic hydroxyl groups excluding tert-OH is 2. The number of nitrogens with zero attached hydrogens (tertiary/aromatic N) is 1. The van der Waals surface area contributed by atoms with Gasteiger partial charge >= 0.3 is 0 Å². The van der Waals surface area contributed by atoms with Crippen LogP contribution in [0.1, 0.15) is 30.0 Å². The molecule has 1 unspecified atom stereocenters. The first-order valence-corrected chi connectivity index (χ1v) is 8.46. The molecule has 132 valence electrons. The Morgan fingerprint density at radius 2 is 1.64 bits per heavy atom. The Hall–Kier alpha value is -2.21. The predicted molar refractivity (Wildman–Crippen MR) is 95.2 cm³/mol. The van der Waals surface area contributed by atoms with Crippen molar-refractivity contribution in [2.24, 2.45) is 0 Å². The van der Waals surface area contributed by atoms with Gasteiger partial charge in [0.15, 0.2) is 0 Å². The maximum absolute atomic E-state index is 12.0. The van der Waals surface area contributed by atoms with Gasteiger partial charge in [0.1, 0.15) is 5.60 Å². The van der Waals surface area contributed by atoms with Crippen LogP contribution >= 0.6 is 0 Å². The summed E-state index contributed by atoms with van der Waals surface area (Å²) in [6.07, 6.45) is 1.35. The van der Waals surface area contributed by atoms with Crippen LogP contribution in [0.25, 0.3) is 0 Å². The van der Waals surface area contributed by atoms with Crippen LogP contribution < -0.4 is 4.90 Å². The van der Waals surface area contributed by atoms with E-state index >= 15 is 0 Å². The molecule has 2 aromatic rings. The fourth-order valence-electron chi connectivity index (χ4n) is 3.09. The normalized spacial score (nSPS) is 17.5. The van der Waals surface area contributed by atoms with E-state index in [-0.39, 0.29) is 18.4 Å². The highest BCUT2D eigenvalue weighted by Crippen LogP contribution is 2.38. The minimum absolute atomic E-state index is 0.0516. The number of aliphatic hydroxyl groups is 3. The van der Waals surface area contributed by atoms with E-state index in [0.29, 0.717) is 12.8 Å². The number of carbonyl (C=O) groups excluding carboxylic acids is 1. The number of aryl methyl sites for hydroxylation is 1. The lowest BCUT2D eigenvalue weighted by Crippen LogP contribution is -2.46. The number of anilines is 1. The lowest BCUT2D eigenvalue weighted by atomic mass is 9.91. The van der Waals surface area contributed by atoms with Gasteiger partial charge in [0.25, 0.3) is 0 Å². The summed E-state index contributed by atoms with van der Waals surface area (Å²) >= 11 is 0. The van der Waals surface area contributed by atoms with Crippen molar-refractivity contribution in [1.82, 2.24) is 0 Å². The maximum atomic E-state index is 12.0. The molecule has 25 heavy (non-hydrogen) atoms. The SMILES string of the molecule is O=C1CC(c2ccc(CCC(O)(CO)CO)cc2)N1c1ccccc1. The fraction of sp³-hybridized carbons (Fsp3) is 0.350. The number of β-lactam (4-membered cyclic amide) rings is 1. The van der Waals surface area contributed by atoms with Crippen molar-refractivity contribution >= 4 is 11.6 Å². The monoisotopic (exact) mass is 341 g/mol. The van der Waals surface area contributed by atoms with Crippen LogP contribution in [0.4, 0.5) is 5.69 Å². The van der Waals surface area contributed by atoms with Crippen molar-refractivity contribution in [3.8, 4) is 0 Å². The number of hydrogen-bond acceptors (Lipinski definition) is 4. The van der Waals surface area contributed by atoms with Gasteiger partial charge in [-0.05, 0) is 36.1 Å². The molecule has 1 fully saturated rings. The first kappa shape index (κ1) is 17.6. The molecule has 0 aliphatic carbocycles. The van der Waals surface area contributed by atoms with Gasteiger partial charge in [0.05, 0.1) is 25.7 Å². The van der Waals surface area contributed by atoms with E-state index in [2.05, 4.69) is 0 Å². The van der Waals surface area contributed by atoms with Gasteiger partial charge in [-0.1, -0.05) is 42.5 Å². The third-order valence-electron chi connectivity index (χ3n) is 4.81. The van der Waals surface area contributed by atoms with Crippen LogP contribution in [0.15, 0.2) is 54.6 Å². The van der Waals surface area contributed by atoms with E-state index in [1.165, 1.54) is 0 Å². The molecule has 3 N–H and O–H groups in total. The first-order chi connectivity index (χ1) is 12.1. The van der Waals surface area contributed by atoms with E-state index in [9.17, 15) is 9.90 Å². The predicted octanol–water partition coefficient (Wildman–Crippen LogP) is 1.81. The summed E-state index contributed by atoms with van der Waals surface area (Å²) in [7, 11) is 0. The number of hydrogen-bond donors (Lipinski definition) is 3. The Morgan fingerprint density at radius 3 is 2.20 bits per heavy atom. The number of rotatable bonds is 7. The molecule has 0 radical (unpaired) electrons. The highest BCUT2D eigenvalue weighted by atomic mass is 16.4. The minimum Gasteiger partial charge on any atom is -0.393 e. The minimum atomic E-state index is -1.44. The Bertz CT molecular complexity index is 710. The van der Waals surface area contributed by atoms with Crippen LogP contribution in [0.5, 0.6) is 0 Å². The molecule has 1 heterocycles. The second-order valence-electron chi connectivity index (χ2n) is 6.60. The zero-order chi connectivity index (χ0) is 17.9. The standard InChI is InChI=1S/C20H23NO4/c22-13-20(25,14-23)11-10-15-6-8-16(9-7-15)18-12-19(24)21(18)17-4-2-1-3-5-17/h1-9,18,22-23,25H,10-14H2. The van der Waals surface area contributed by atoms with Gasteiger partial charge in [-0.2, -0.15) is 0 Å². The van der Waals surface area contributed by atoms with Crippen LogP contribution in [-0.4, -0.2) is 40.0 Å². The topological polar surface area (TPSA) is 81.0 Å². The van der Waals surface area contributed by atoms with Crippen molar-refractivity contribution in [1.29, 1.82) is 0 Å². The zero-order valence-corrected chi connectivity index (χ0v) is 14.0. The third-order valence-corrected chi connectivity index (χ3v) is 4.81. The van der Waals surface area contributed by atoms with Gasteiger partial charge in [-0.15, -0.1) is 0 Å². The Morgan fingerprint density at radius 1 is 1.00 bits per heavy atom. The molecular weight excluding hydrogens is 318 g/mol. The summed E-state index contributed by atoms with van der Waals surface area (Å²) in [5.41, 5.74) is 1.56. The highest BCUT2D eigenvalue weighted by molar-refractivity contribution is 6.01. The average Bonchev–Trinajstić information content (AvgIpc) is 2.65. The lowest BCUT2D eigenvalue weighted by molar-refractivity contribution is -0.124. The van der Waals surface area contributed by atoms with Crippen molar-refractivity contribution < 1.29 is 20.1 Å². The average molecular weight is 341 g/mol. The molecule has 0 saturated carbocycles. The van der Waals surface area contributed by atoms with E-state index in [0.717, 1.165) is 16.8 Å². The van der Waals surface area contributed by atoms with Crippen molar-refractivity contribution in [2.75, 3.05) is 18.1 Å². The largest absolute Gasteiger partial charge is 0.393 e. The Labute approximate surface area is 147 Å². The van der Waals surface area contributed by atoms with Crippen LogP contribution in [0.2, 0.25) is 0 Å². The molecular formula is C20H23NO4. The van der Waals surface area contributed by atoms with Gasteiger partial charge < -0.3 is 20.2 Å². The molecule has 1 aliphatic heterocycles. The first-order valence-electron chi connectivity index (χ1n) is 8.46. The Kier molecular flexibility index (Phi) is 5.18. The molecule has 1 aliphatic rings. The molecule has 5 nitrogen and oxygen atoms in total. The molecule has 0 spiro atoms. The molecule has 3 rings (SSSR count). The summed E-state index contributed by atoms with van der Waals surface area (Å²) in [5, 5.41) is 28.2. The van der Waals surface area contributed by atoms with Gasteiger partial charge in [0.2, 0.25) is 5.91 Å². The van der Waals surface area contributed by atoms with E-state index < -0.39 is 18.8 Å². The molecule has 1 saturated heterocycles. The molecule has 1 amide bonds. The Balaban J connectivity index is 1.67. The summed E-state index contributed by atoms with van der Waals surface area (Å²) in [6.45, 7) is -0.921. The number of benzene rings is 2. The number of carbonyl (C=O) groups is 1. The lowest BCUT2D eigenvalue weighted by Gasteiger charge is -2.40. The quantitative estimate of drug-likeness (QED) is 0.671. The van der Waals surface area contributed by atoms with Gasteiger partial charge in [-0.3, -0.25) is 4.79 Å². The molecule has 1 atom stereocenters. The van der Waals surface area contributed by atoms with Crippen LogP contribution in [0, 0.1) is 0 Å². The number of para-hydroxylation sites is 1. The molecule has 2 aromatic carbocycles. The summed E-state index contributed by atoms with van der Waals surface area (Å²) in [5.74, 6) is 0.122.